The van der Waals surface area contributed by atoms with E-state index in [1.54, 1.807) is 12.1 Å². The molecule has 0 saturated heterocycles. The highest BCUT2D eigenvalue weighted by molar-refractivity contribution is 5.52. The molecule has 1 heterocycles. The normalized spacial score (nSPS) is 15.6. The summed E-state index contributed by atoms with van der Waals surface area (Å²) in [4.78, 5) is 0. The summed E-state index contributed by atoms with van der Waals surface area (Å²) >= 11 is 0. The molecular formula is C10H13NO3. The molecule has 76 valence electrons. The van der Waals surface area contributed by atoms with Crippen molar-refractivity contribution >= 4 is 0 Å². The first-order valence-electron chi connectivity index (χ1n) is 4.54. The molecule has 0 spiro atoms. The van der Waals surface area contributed by atoms with Crippen molar-refractivity contribution in [1.82, 2.24) is 0 Å². The van der Waals surface area contributed by atoms with Crippen LogP contribution in [0.4, 0.5) is 0 Å². The summed E-state index contributed by atoms with van der Waals surface area (Å²) in [7, 11) is 0. The third kappa shape index (κ3) is 1.61. The first-order chi connectivity index (χ1) is 6.66. The van der Waals surface area contributed by atoms with Gasteiger partial charge in [0.25, 0.3) is 0 Å². The quantitative estimate of drug-likeness (QED) is 0.739. The smallest absolute Gasteiger partial charge is 0.231 e. The summed E-state index contributed by atoms with van der Waals surface area (Å²) in [5.41, 5.74) is 6.59. The summed E-state index contributed by atoms with van der Waals surface area (Å²) in [5, 5.41) is 9.41. The minimum Gasteiger partial charge on any atom is -0.508 e. The molecule has 1 aliphatic heterocycles. The fourth-order valence-corrected chi connectivity index (χ4v) is 1.57. The number of phenols is 1. The van der Waals surface area contributed by atoms with Crippen molar-refractivity contribution < 1.29 is 14.6 Å². The molecule has 0 aliphatic carbocycles. The fourth-order valence-electron chi connectivity index (χ4n) is 1.57. The van der Waals surface area contributed by atoms with Crippen LogP contribution < -0.4 is 15.2 Å². The number of nitrogens with two attached hydrogens (primary N) is 1. The first-order valence-corrected chi connectivity index (χ1v) is 4.54. The Hall–Kier alpha value is -1.42. The second-order valence-corrected chi connectivity index (χ2v) is 3.52. The Morgan fingerprint density at radius 3 is 3.00 bits per heavy atom. The van der Waals surface area contributed by atoms with Gasteiger partial charge in [-0.1, -0.05) is 0 Å². The minimum atomic E-state index is 0.0325. The number of benzene rings is 1. The van der Waals surface area contributed by atoms with E-state index in [0.717, 1.165) is 5.56 Å². The summed E-state index contributed by atoms with van der Waals surface area (Å²) in [5.74, 6) is 1.49. The monoisotopic (exact) mass is 195 g/mol. The van der Waals surface area contributed by atoms with Crippen LogP contribution in [-0.4, -0.2) is 17.9 Å². The molecule has 3 N–H and O–H groups in total. The molecule has 4 heteroatoms. The Kier molecular flexibility index (Phi) is 2.21. The van der Waals surface area contributed by atoms with Gasteiger partial charge in [0, 0.05) is 17.7 Å². The third-order valence-corrected chi connectivity index (χ3v) is 2.08. The SMILES string of the molecule is CC(N)Cc1cc(O)cc2c1OCO2. The lowest BCUT2D eigenvalue weighted by molar-refractivity contribution is 0.173. The maximum absolute atomic E-state index is 9.41. The topological polar surface area (TPSA) is 64.7 Å². The summed E-state index contributed by atoms with van der Waals surface area (Å²) in [6.45, 7) is 2.12. The molecule has 1 atom stereocenters. The van der Waals surface area contributed by atoms with Gasteiger partial charge in [-0.15, -0.1) is 0 Å². The number of rotatable bonds is 2. The van der Waals surface area contributed by atoms with Crippen molar-refractivity contribution in [3.05, 3.63) is 17.7 Å². The average Bonchev–Trinajstić information content (AvgIpc) is 2.50. The van der Waals surface area contributed by atoms with E-state index in [2.05, 4.69) is 0 Å². The second-order valence-electron chi connectivity index (χ2n) is 3.52. The lowest BCUT2D eigenvalue weighted by Crippen LogP contribution is -2.18. The third-order valence-electron chi connectivity index (χ3n) is 2.08. The number of fused-ring (bicyclic) bond motifs is 1. The van der Waals surface area contributed by atoms with Crippen LogP contribution in [0, 0.1) is 0 Å². The molecule has 1 aliphatic rings. The predicted octanol–water partition coefficient (Wildman–Crippen LogP) is 1.01. The fraction of sp³-hybridized carbons (Fsp3) is 0.400. The van der Waals surface area contributed by atoms with Gasteiger partial charge < -0.3 is 20.3 Å². The Morgan fingerprint density at radius 1 is 1.50 bits per heavy atom. The Morgan fingerprint density at radius 2 is 2.29 bits per heavy atom. The van der Waals surface area contributed by atoms with E-state index >= 15 is 0 Å². The van der Waals surface area contributed by atoms with Crippen LogP contribution in [-0.2, 0) is 6.42 Å². The molecule has 4 nitrogen and oxygen atoms in total. The van der Waals surface area contributed by atoms with Crippen LogP contribution in [0.25, 0.3) is 0 Å². The summed E-state index contributed by atoms with van der Waals surface area (Å²) < 4.78 is 10.5. The van der Waals surface area contributed by atoms with Crippen LogP contribution in [0.1, 0.15) is 12.5 Å². The standard InChI is InChI=1S/C10H13NO3/c1-6(11)2-7-3-8(12)4-9-10(7)14-5-13-9/h3-4,6,12H,2,5,11H2,1H3. The van der Waals surface area contributed by atoms with Crippen molar-refractivity contribution in [3.8, 4) is 17.2 Å². The van der Waals surface area contributed by atoms with Gasteiger partial charge in [-0.2, -0.15) is 0 Å². The van der Waals surface area contributed by atoms with Crippen molar-refractivity contribution in [2.24, 2.45) is 5.73 Å². The van der Waals surface area contributed by atoms with Gasteiger partial charge in [-0.05, 0) is 19.4 Å². The molecule has 0 aromatic heterocycles. The van der Waals surface area contributed by atoms with E-state index < -0.39 is 0 Å². The molecule has 0 bridgehead atoms. The van der Waals surface area contributed by atoms with E-state index in [1.807, 2.05) is 6.92 Å². The van der Waals surface area contributed by atoms with Crippen molar-refractivity contribution in [2.45, 2.75) is 19.4 Å². The second kappa shape index (κ2) is 3.38. The summed E-state index contributed by atoms with van der Waals surface area (Å²) in [6.07, 6.45) is 0.667. The maximum Gasteiger partial charge on any atom is 0.231 e. The molecule has 14 heavy (non-hydrogen) atoms. The van der Waals surface area contributed by atoms with Crippen LogP contribution in [0.5, 0.6) is 17.2 Å². The van der Waals surface area contributed by atoms with Gasteiger partial charge in [-0.25, -0.2) is 0 Å². The molecule has 0 saturated carbocycles. The van der Waals surface area contributed by atoms with E-state index in [1.165, 1.54) is 0 Å². The van der Waals surface area contributed by atoms with Crippen LogP contribution >= 0.6 is 0 Å². The number of hydrogen-bond donors (Lipinski definition) is 2. The highest BCUT2D eigenvalue weighted by Gasteiger charge is 2.19. The molecule has 0 radical (unpaired) electrons. The Balaban J connectivity index is 2.38. The van der Waals surface area contributed by atoms with E-state index in [-0.39, 0.29) is 18.6 Å². The Labute approximate surface area is 82.2 Å². The van der Waals surface area contributed by atoms with E-state index in [9.17, 15) is 5.11 Å². The van der Waals surface area contributed by atoms with Crippen molar-refractivity contribution in [2.75, 3.05) is 6.79 Å². The summed E-state index contributed by atoms with van der Waals surface area (Å²) in [6, 6.07) is 3.24. The Bertz CT molecular complexity index is 349. The van der Waals surface area contributed by atoms with Crippen molar-refractivity contribution in [3.63, 3.8) is 0 Å². The number of aromatic hydroxyl groups is 1. The van der Waals surface area contributed by atoms with Gasteiger partial charge in [0.05, 0.1) is 0 Å². The lowest BCUT2D eigenvalue weighted by atomic mass is 10.1. The number of phenolic OH excluding ortho intramolecular Hbond substituents is 1. The van der Waals surface area contributed by atoms with E-state index in [4.69, 9.17) is 15.2 Å². The van der Waals surface area contributed by atoms with Gasteiger partial charge in [0.2, 0.25) is 6.79 Å². The van der Waals surface area contributed by atoms with Gasteiger partial charge in [-0.3, -0.25) is 0 Å². The highest BCUT2D eigenvalue weighted by atomic mass is 16.7. The lowest BCUT2D eigenvalue weighted by Gasteiger charge is -2.08. The number of ether oxygens (including phenoxy) is 2. The minimum absolute atomic E-state index is 0.0325. The molecule has 1 aromatic carbocycles. The van der Waals surface area contributed by atoms with Gasteiger partial charge in [0.15, 0.2) is 11.5 Å². The zero-order valence-corrected chi connectivity index (χ0v) is 7.99. The van der Waals surface area contributed by atoms with Crippen LogP contribution in [0.3, 0.4) is 0 Å². The largest absolute Gasteiger partial charge is 0.508 e. The van der Waals surface area contributed by atoms with Crippen LogP contribution in [0.2, 0.25) is 0 Å². The van der Waals surface area contributed by atoms with Gasteiger partial charge >= 0.3 is 0 Å². The zero-order valence-electron chi connectivity index (χ0n) is 7.99. The molecule has 1 aromatic rings. The molecular weight excluding hydrogens is 182 g/mol. The van der Waals surface area contributed by atoms with Gasteiger partial charge in [0.1, 0.15) is 5.75 Å². The van der Waals surface area contributed by atoms with Crippen LogP contribution in [0.15, 0.2) is 12.1 Å². The number of hydrogen-bond acceptors (Lipinski definition) is 4. The molecule has 2 rings (SSSR count). The zero-order chi connectivity index (χ0) is 10.1. The van der Waals surface area contributed by atoms with Crippen molar-refractivity contribution in [1.29, 1.82) is 0 Å². The predicted molar refractivity (Wildman–Crippen MR) is 51.6 cm³/mol. The maximum atomic E-state index is 9.41. The highest BCUT2D eigenvalue weighted by Crippen LogP contribution is 2.39. The van der Waals surface area contributed by atoms with E-state index in [0.29, 0.717) is 17.9 Å². The molecule has 0 amide bonds. The first kappa shape index (κ1) is 9.15. The molecule has 0 fully saturated rings. The molecule has 1 unspecified atom stereocenters. The average molecular weight is 195 g/mol.